The zero-order chi connectivity index (χ0) is 17.5. The van der Waals surface area contributed by atoms with Gasteiger partial charge in [0, 0.05) is 24.4 Å². The summed E-state index contributed by atoms with van der Waals surface area (Å²) in [7, 11) is 0. The van der Waals surface area contributed by atoms with E-state index >= 15 is 0 Å². The second-order valence-electron chi connectivity index (χ2n) is 6.49. The Kier molecular flexibility index (Phi) is 4.10. The van der Waals surface area contributed by atoms with Crippen LogP contribution in [0.2, 0.25) is 0 Å². The van der Waals surface area contributed by atoms with E-state index in [1.54, 1.807) is 11.3 Å². The van der Waals surface area contributed by atoms with E-state index in [0.717, 1.165) is 53.3 Å². The van der Waals surface area contributed by atoms with Crippen LogP contribution >= 0.6 is 22.9 Å². The molecule has 0 bridgehead atoms. The highest BCUT2D eigenvalue weighted by atomic mass is 32.1. The maximum absolute atomic E-state index is 5.82. The molecule has 0 spiro atoms. The van der Waals surface area contributed by atoms with Crippen molar-refractivity contribution in [3.63, 3.8) is 0 Å². The Hall–Kier alpha value is -2.04. The maximum atomic E-state index is 5.82. The average molecular weight is 390 g/mol. The van der Waals surface area contributed by atoms with E-state index in [1.807, 2.05) is 13.1 Å². The van der Waals surface area contributed by atoms with Crippen LogP contribution in [0.3, 0.4) is 0 Å². The van der Waals surface area contributed by atoms with Crippen LogP contribution < -0.4 is 10.2 Å². The molecule has 2 aliphatic rings. The molecule has 0 amide bonds. The lowest BCUT2D eigenvalue weighted by Gasteiger charge is -2.22. The summed E-state index contributed by atoms with van der Waals surface area (Å²) in [5.41, 5.74) is 2.05. The first-order chi connectivity index (χ1) is 12.8. The molecule has 1 aliphatic carbocycles. The number of nitrogens with one attached hydrogen (secondary N) is 2. The number of aromatic nitrogens is 5. The molecule has 0 saturated heterocycles. The maximum Gasteiger partial charge on any atom is 0.241 e. The average Bonchev–Trinajstić information content (AvgIpc) is 3.03. The Balaban J connectivity index is 1.37. The van der Waals surface area contributed by atoms with Crippen molar-refractivity contribution in [3.05, 3.63) is 16.1 Å². The Morgan fingerprint density at radius 1 is 1.38 bits per heavy atom. The highest BCUT2D eigenvalue weighted by molar-refractivity contribution is 7.16. The van der Waals surface area contributed by atoms with Gasteiger partial charge in [-0.05, 0) is 31.3 Å². The van der Waals surface area contributed by atoms with Crippen molar-refractivity contribution in [2.45, 2.75) is 32.3 Å². The van der Waals surface area contributed by atoms with E-state index in [-0.39, 0.29) is 0 Å². The largest absolute Gasteiger partial charge is 0.376 e. The number of fused-ring (bicyclic) bond motifs is 3. The van der Waals surface area contributed by atoms with Gasteiger partial charge in [0.1, 0.15) is 10.8 Å². The molecule has 10 heteroatoms. The number of rotatable bonds is 6. The monoisotopic (exact) mass is 389 g/mol. The molecule has 1 fully saturated rings. The number of hydrogen-bond acceptors (Lipinski definition) is 9. The lowest BCUT2D eigenvalue weighted by molar-refractivity contribution is 0.125. The summed E-state index contributed by atoms with van der Waals surface area (Å²) >= 11 is 3.05. The molecule has 0 radical (unpaired) electrons. The van der Waals surface area contributed by atoms with Crippen LogP contribution in [0, 0.1) is 6.92 Å². The van der Waals surface area contributed by atoms with E-state index in [9.17, 15) is 0 Å². The Bertz CT molecular complexity index is 913. The number of ether oxygens (including phenoxy) is 1. The van der Waals surface area contributed by atoms with Crippen LogP contribution in [0.15, 0.2) is 6.20 Å². The summed E-state index contributed by atoms with van der Waals surface area (Å²) in [6.45, 7) is 4.49. The van der Waals surface area contributed by atoms with E-state index in [0.29, 0.717) is 12.1 Å². The Labute approximate surface area is 158 Å². The van der Waals surface area contributed by atoms with E-state index in [1.165, 1.54) is 29.3 Å². The van der Waals surface area contributed by atoms with Crippen molar-refractivity contribution < 1.29 is 4.74 Å². The van der Waals surface area contributed by atoms with Crippen molar-refractivity contribution in [3.8, 4) is 11.3 Å². The SMILES string of the molecule is Cc1nc(Nc2nc3c(s2)CCN(CCOC2CC2)c2[nH]ncc2-3)ns1. The van der Waals surface area contributed by atoms with Gasteiger partial charge >= 0.3 is 0 Å². The predicted octanol–water partition coefficient (Wildman–Crippen LogP) is 2.98. The van der Waals surface area contributed by atoms with Gasteiger partial charge in [-0.2, -0.15) is 9.47 Å². The molecule has 26 heavy (non-hydrogen) atoms. The second kappa shape index (κ2) is 6.60. The summed E-state index contributed by atoms with van der Waals surface area (Å²) in [6.07, 6.45) is 5.72. The van der Waals surface area contributed by atoms with Gasteiger partial charge in [0.05, 0.1) is 30.2 Å². The number of H-pyrrole nitrogens is 1. The molecule has 3 aromatic rings. The third-order valence-electron chi connectivity index (χ3n) is 4.48. The van der Waals surface area contributed by atoms with Crippen molar-refractivity contribution in [1.29, 1.82) is 0 Å². The van der Waals surface area contributed by atoms with E-state index < -0.39 is 0 Å². The molecule has 1 saturated carbocycles. The van der Waals surface area contributed by atoms with Crippen LogP contribution in [0.1, 0.15) is 22.7 Å². The highest BCUT2D eigenvalue weighted by Gasteiger charge is 2.26. The first-order valence-corrected chi connectivity index (χ1v) is 10.3. The fourth-order valence-corrected chi connectivity index (χ4v) is 4.45. The molecule has 0 atom stereocenters. The first kappa shape index (κ1) is 16.2. The summed E-state index contributed by atoms with van der Waals surface area (Å²) in [6, 6.07) is 0. The quantitative estimate of drug-likeness (QED) is 0.669. The fourth-order valence-electron chi connectivity index (χ4n) is 3.06. The second-order valence-corrected chi connectivity index (χ2v) is 8.53. The number of anilines is 3. The summed E-state index contributed by atoms with van der Waals surface area (Å²) < 4.78 is 10.1. The molecule has 8 nitrogen and oxygen atoms in total. The first-order valence-electron chi connectivity index (χ1n) is 8.73. The third-order valence-corrected chi connectivity index (χ3v) is 6.13. The summed E-state index contributed by atoms with van der Waals surface area (Å²) in [5, 5.41) is 12.4. The predicted molar refractivity (Wildman–Crippen MR) is 103 cm³/mol. The lowest BCUT2D eigenvalue weighted by Crippen LogP contribution is -2.29. The van der Waals surface area contributed by atoms with Gasteiger partial charge < -0.3 is 9.64 Å². The van der Waals surface area contributed by atoms with Gasteiger partial charge in [0.15, 0.2) is 5.13 Å². The van der Waals surface area contributed by atoms with Crippen molar-refractivity contribution in [2.75, 3.05) is 29.9 Å². The van der Waals surface area contributed by atoms with Crippen LogP contribution in [-0.4, -0.2) is 50.3 Å². The molecule has 3 aromatic heterocycles. The zero-order valence-corrected chi connectivity index (χ0v) is 16.0. The van der Waals surface area contributed by atoms with E-state index in [2.05, 4.69) is 29.8 Å². The Morgan fingerprint density at radius 2 is 2.31 bits per heavy atom. The van der Waals surface area contributed by atoms with Crippen LogP contribution in [0.25, 0.3) is 11.3 Å². The van der Waals surface area contributed by atoms with Crippen LogP contribution in [0.4, 0.5) is 16.9 Å². The summed E-state index contributed by atoms with van der Waals surface area (Å²) in [4.78, 5) is 12.7. The van der Waals surface area contributed by atoms with Gasteiger partial charge in [0.2, 0.25) is 5.95 Å². The normalized spacial score (nSPS) is 16.3. The van der Waals surface area contributed by atoms with Crippen LogP contribution in [0.5, 0.6) is 0 Å². The zero-order valence-electron chi connectivity index (χ0n) is 14.4. The van der Waals surface area contributed by atoms with Gasteiger partial charge in [-0.25, -0.2) is 9.97 Å². The lowest BCUT2D eigenvalue weighted by atomic mass is 10.2. The summed E-state index contributed by atoms with van der Waals surface area (Å²) in [5.74, 6) is 1.64. The molecular formula is C16H19N7OS2. The topological polar surface area (TPSA) is 91.8 Å². The van der Waals surface area contributed by atoms with Gasteiger partial charge in [-0.15, -0.1) is 11.3 Å². The fraction of sp³-hybridized carbons (Fsp3) is 0.500. The highest BCUT2D eigenvalue weighted by Crippen LogP contribution is 2.39. The van der Waals surface area contributed by atoms with Crippen molar-refractivity contribution in [1.82, 2.24) is 24.5 Å². The van der Waals surface area contributed by atoms with Gasteiger partial charge in [-0.3, -0.25) is 10.4 Å². The minimum absolute atomic E-state index is 0.489. The number of nitrogens with zero attached hydrogens (tertiary/aromatic N) is 5. The molecule has 136 valence electrons. The molecule has 0 aromatic carbocycles. The van der Waals surface area contributed by atoms with Crippen molar-refractivity contribution >= 4 is 39.8 Å². The molecule has 0 unspecified atom stereocenters. The number of aryl methyl sites for hydroxylation is 1. The number of aromatic amines is 1. The van der Waals surface area contributed by atoms with Crippen molar-refractivity contribution in [2.24, 2.45) is 0 Å². The minimum atomic E-state index is 0.489. The smallest absolute Gasteiger partial charge is 0.241 e. The van der Waals surface area contributed by atoms with Gasteiger partial charge in [0.25, 0.3) is 0 Å². The molecule has 5 rings (SSSR count). The van der Waals surface area contributed by atoms with Crippen LogP contribution in [-0.2, 0) is 11.2 Å². The standard InChI is InChI=1S/C16H19N7OS2/c1-9-18-15(22-26-9)20-16-19-13-11-8-17-21-14(11)23(5-4-12(13)25-16)6-7-24-10-2-3-10/h8,10H,2-7H2,1H3,(H,17,21)(H,19,20,22). The molecule has 4 heterocycles. The minimum Gasteiger partial charge on any atom is -0.376 e. The number of hydrogen-bond donors (Lipinski definition) is 2. The van der Waals surface area contributed by atoms with E-state index in [4.69, 9.17) is 9.72 Å². The molecular weight excluding hydrogens is 370 g/mol. The number of thiazole rings is 1. The third kappa shape index (κ3) is 3.19. The Morgan fingerprint density at radius 3 is 3.12 bits per heavy atom. The molecule has 1 aliphatic heterocycles. The van der Waals surface area contributed by atoms with Gasteiger partial charge in [-0.1, -0.05) is 0 Å². The molecule has 2 N–H and O–H groups in total.